The third kappa shape index (κ3) is 27.6. The first-order chi connectivity index (χ1) is 12.8. The topological polar surface area (TPSA) is 380 Å². The average molecular weight is 538 g/mol. The van der Waals surface area contributed by atoms with E-state index >= 15 is 0 Å². The molecule has 0 bridgehead atoms. The summed E-state index contributed by atoms with van der Waals surface area (Å²) >= 11 is 3.24. The van der Waals surface area contributed by atoms with Gasteiger partial charge in [-0.2, -0.15) is 0 Å². The molecule has 0 aromatic rings. The normalized spacial score (nSPS) is 12.3. The molecule has 0 saturated carbocycles. The third-order valence-corrected chi connectivity index (χ3v) is 1.22. The second-order valence-electron chi connectivity index (χ2n) is 3.30. The minimum Gasteiger partial charge on any atom is -0.780 e. The Bertz CT molecular complexity index is 474. The summed E-state index contributed by atoms with van der Waals surface area (Å²) in [7, 11) is -4.33. The standard InChI is InChI=1S/2C2H6O10.2Na.H2O3S2/c2*3-1(4,10-6)9-2(5,11-7)12-8;;;1-5(2,3)4/h2*3-8H;;;(H2,1,2,3,4)/q;;2*+1;/p-2. The second-order valence-corrected chi connectivity index (χ2v) is 5.35. The van der Waals surface area contributed by atoms with E-state index in [1.165, 1.54) is 0 Å². The summed E-state index contributed by atoms with van der Waals surface area (Å²) in [5.41, 5.74) is 0. The van der Waals surface area contributed by atoms with Gasteiger partial charge in [0.15, 0.2) is 0 Å². The fourth-order valence-corrected chi connectivity index (χ4v) is 0.481. The Morgan fingerprint density at radius 3 is 0.839 bits per heavy atom. The molecule has 0 radical (unpaired) electrons. The van der Waals surface area contributed by atoms with Crippen LogP contribution in [0.3, 0.4) is 0 Å². The zero-order valence-electron chi connectivity index (χ0n) is 14.7. The molecule has 12 N–H and O–H groups in total. The van der Waals surface area contributed by atoms with Gasteiger partial charge < -0.3 is 39.7 Å². The van der Waals surface area contributed by atoms with Crippen LogP contribution in [-0.2, 0) is 59.0 Å². The Kier molecular flexibility index (Phi) is 25.8. The van der Waals surface area contributed by atoms with Crippen molar-refractivity contribution in [3.05, 3.63) is 0 Å². The predicted octanol–water partition coefficient (Wildman–Crippen LogP) is -11.7. The maximum absolute atomic E-state index is 8.89. The van der Waals surface area contributed by atoms with E-state index in [0.717, 1.165) is 0 Å². The predicted molar refractivity (Wildman–Crippen MR) is 65.8 cm³/mol. The molecule has 31 heavy (non-hydrogen) atoms. The van der Waals surface area contributed by atoms with Crippen LogP contribution in [0.15, 0.2) is 0 Å². The Labute approximate surface area is 217 Å². The van der Waals surface area contributed by atoms with Crippen LogP contribution in [0.2, 0.25) is 0 Å². The van der Waals surface area contributed by atoms with E-state index in [-0.39, 0.29) is 59.1 Å². The van der Waals surface area contributed by atoms with Gasteiger partial charge in [0.2, 0.25) is 0 Å². The molecule has 0 spiro atoms. The molecule has 0 unspecified atom stereocenters. The zero-order valence-corrected chi connectivity index (χ0v) is 20.3. The molecule has 0 rings (SSSR count). The first-order valence-electron chi connectivity index (χ1n) is 5.14. The van der Waals surface area contributed by atoms with E-state index in [4.69, 9.17) is 75.5 Å². The summed E-state index contributed by atoms with van der Waals surface area (Å²) in [5, 5.41) is 96.0. The van der Waals surface area contributed by atoms with Crippen LogP contribution in [-0.4, -0.2) is 100 Å². The second kappa shape index (κ2) is 18.8. The molecule has 0 amide bonds. The maximum atomic E-state index is 8.89. The molecule has 27 heteroatoms. The van der Waals surface area contributed by atoms with Crippen molar-refractivity contribution in [2.75, 3.05) is 0 Å². The van der Waals surface area contributed by atoms with Crippen LogP contribution < -0.4 is 59.1 Å². The molecule has 0 aliphatic carbocycles. The van der Waals surface area contributed by atoms with Crippen LogP contribution in [0.5, 0.6) is 0 Å². The summed E-state index contributed by atoms with van der Waals surface area (Å²) in [6.45, 7) is 0. The molecule has 0 heterocycles. The SMILES string of the molecule is O=S([O-])([O-])=S.OOC(O)(O)OC(O)(OO)OO.OOC(O)(O)OC(O)(OO)OO.[Na+].[Na+]. The summed E-state index contributed by atoms with van der Waals surface area (Å²) in [5.74, 6) is 0. The Balaban J connectivity index is -0.000000114. The summed E-state index contributed by atoms with van der Waals surface area (Å²) in [4.78, 5) is 17.1. The summed E-state index contributed by atoms with van der Waals surface area (Å²) < 4.78 is 33.3. The first kappa shape index (κ1) is 42.6. The van der Waals surface area contributed by atoms with Gasteiger partial charge in [-0.3, -0.25) is 4.21 Å². The minimum atomic E-state index is -4.33. The van der Waals surface area contributed by atoms with Crippen molar-refractivity contribution in [3.63, 3.8) is 0 Å². The number of aliphatic hydroxyl groups is 6. The van der Waals surface area contributed by atoms with Crippen molar-refractivity contribution >= 4 is 20.2 Å². The van der Waals surface area contributed by atoms with Crippen molar-refractivity contribution in [1.82, 2.24) is 0 Å². The molecule has 0 aliphatic rings. The molecule has 0 aliphatic heterocycles. The maximum Gasteiger partial charge on any atom is 1.00 e. The molecule has 180 valence electrons. The number of ether oxygens (including phenoxy) is 2. The smallest absolute Gasteiger partial charge is 0.780 e. The fraction of sp³-hybridized carbons (Fsp3) is 1.00. The van der Waals surface area contributed by atoms with Gasteiger partial charge in [0.05, 0.1) is 0 Å². The zero-order chi connectivity index (χ0) is 24.2. The van der Waals surface area contributed by atoms with E-state index < -0.39 is 33.7 Å². The molecular formula is C4H12Na2O23S2. The van der Waals surface area contributed by atoms with Gasteiger partial charge >= 0.3 is 83.8 Å². The molecular weight excluding hydrogens is 526 g/mol. The average Bonchev–Trinajstić information content (AvgIpc) is 2.60. The molecule has 0 aromatic heterocycles. The van der Waals surface area contributed by atoms with Crippen LogP contribution in [0, 0.1) is 0 Å². The van der Waals surface area contributed by atoms with Crippen LogP contribution in [0.1, 0.15) is 0 Å². The quantitative estimate of drug-likeness (QED) is 0.0531. The van der Waals surface area contributed by atoms with Crippen molar-refractivity contribution in [3.8, 4) is 0 Å². The van der Waals surface area contributed by atoms with Crippen molar-refractivity contribution in [2.24, 2.45) is 0 Å². The fourth-order valence-electron chi connectivity index (χ4n) is 0.481. The van der Waals surface area contributed by atoms with E-state index in [1.54, 1.807) is 0 Å². The summed E-state index contributed by atoms with van der Waals surface area (Å²) in [6.07, 6.45) is -14.7. The van der Waals surface area contributed by atoms with Crippen LogP contribution >= 0.6 is 0 Å². The Morgan fingerprint density at radius 1 is 0.581 bits per heavy atom. The number of hydrogen-bond donors (Lipinski definition) is 12. The molecule has 0 aromatic carbocycles. The molecule has 0 atom stereocenters. The van der Waals surface area contributed by atoms with Gasteiger partial charge in [0.1, 0.15) is 0 Å². The van der Waals surface area contributed by atoms with Gasteiger partial charge in [0, 0.05) is 0 Å². The van der Waals surface area contributed by atoms with Gasteiger partial charge in [-0.1, -0.05) is 0 Å². The van der Waals surface area contributed by atoms with Gasteiger partial charge in [0.25, 0.3) is 0 Å². The minimum absolute atomic E-state index is 0. The van der Waals surface area contributed by atoms with Gasteiger partial charge in [-0.25, -0.2) is 41.0 Å². The van der Waals surface area contributed by atoms with E-state index in [9.17, 15) is 0 Å². The van der Waals surface area contributed by atoms with Crippen molar-refractivity contribution in [1.29, 1.82) is 0 Å². The van der Waals surface area contributed by atoms with E-state index in [0.29, 0.717) is 0 Å². The van der Waals surface area contributed by atoms with Gasteiger partial charge in [-0.15, -0.1) is 38.4 Å². The third-order valence-electron chi connectivity index (χ3n) is 1.22. The Hall–Kier alpha value is 1.49. The number of rotatable bonds is 10. The van der Waals surface area contributed by atoms with Crippen molar-refractivity contribution < 1.29 is 173 Å². The van der Waals surface area contributed by atoms with Crippen LogP contribution in [0.4, 0.5) is 0 Å². The van der Waals surface area contributed by atoms with Gasteiger partial charge in [-0.05, 0) is 11.2 Å². The molecule has 0 saturated heterocycles. The van der Waals surface area contributed by atoms with E-state index in [1.807, 2.05) is 0 Å². The van der Waals surface area contributed by atoms with E-state index in [2.05, 4.69) is 50.0 Å². The molecule has 23 nitrogen and oxygen atoms in total. The first-order valence-corrected chi connectivity index (χ1v) is 7.48. The number of hydrogen-bond acceptors (Lipinski definition) is 24. The van der Waals surface area contributed by atoms with Crippen molar-refractivity contribution in [2.45, 2.75) is 24.6 Å². The monoisotopic (exact) mass is 538 g/mol. The largest absolute Gasteiger partial charge is 1.00 e. The van der Waals surface area contributed by atoms with Crippen LogP contribution in [0.25, 0.3) is 0 Å². The Morgan fingerprint density at radius 2 is 0.742 bits per heavy atom. The summed E-state index contributed by atoms with van der Waals surface area (Å²) in [6, 6.07) is 0. The molecule has 0 fully saturated rings.